The van der Waals surface area contributed by atoms with E-state index < -0.39 is 0 Å². The molecule has 0 unspecified atom stereocenters. The fourth-order valence-electron chi connectivity index (χ4n) is 1.98. The van der Waals surface area contributed by atoms with Crippen LogP contribution in [0.4, 0.5) is 11.4 Å². The average Bonchev–Trinajstić information content (AvgIpc) is 2.47. The molecule has 0 bridgehead atoms. The van der Waals surface area contributed by atoms with Crippen LogP contribution in [-0.2, 0) is 16.0 Å². The van der Waals surface area contributed by atoms with E-state index in [4.69, 9.17) is 0 Å². The fraction of sp³-hybridized carbons (Fsp3) is 0.176. The molecular formula is C17H17BrN2O2. The molecule has 0 atom stereocenters. The quantitative estimate of drug-likeness (QED) is 0.905. The first-order valence-electron chi connectivity index (χ1n) is 6.84. The second kappa shape index (κ2) is 7.22. The van der Waals surface area contributed by atoms with E-state index in [-0.39, 0.29) is 18.2 Å². The second-order valence-electron chi connectivity index (χ2n) is 4.98. The lowest BCUT2D eigenvalue weighted by molar-refractivity contribution is -0.116. The van der Waals surface area contributed by atoms with Gasteiger partial charge in [-0.25, -0.2) is 0 Å². The third-order valence-electron chi connectivity index (χ3n) is 3.27. The maximum atomic E-state index is 12.0. The molecular weight excluding hydrogens is 344 g/mol. The molecule has 2 rings (SSSR count). The van der Waals surface area contributed by atoms with Crippen LogP contribution in [0.1, 0.15) is 12.5 Å². The van der Waals surface area contributed by atoms with E-state index in [1.165, 1.54) is 6.92 Å². The van der Waals surface area contributed by atoms with Crippen molar-refractivity contribution in [3.8, 4) is 0 Å². The van der Waals surface area contributed by atoms with Crippen molar-refractivity contribution in [3.63, 3.8) is 0 Å². The molecule has 0 saturated carbocycles. The van der Waals surface area contributed by atoms with Crippen LogP contribution in [0.25, 0.3) is 0 Å². The summed E-state index contributed by atoms with van der Waals surface area (Å²) in [5, 5.41) is 2.85. The minimum Gasteiger partial charge on any atom is -0.326 e. The van der Waals surface area contributed by atoms with Crippen LogP contribution in [0.5, 0.6) is 0 Å². The molecule has 0 fully saturated rings. The Kier molecular flexibility index (Phi) is 5.33. The third-order valence-corrected chi connectivity index (χ3v) is 3.76. The van der Waals surface area contributed by atoms with Gasteiger partial charge >= 0.3 is 0 Å². The highest BCUT2D eigenvalue weighted by Crippen LogP contribution is 2.17. The van der Waals surface area contributed by atoms with Crippen LogP contribution in [0, 0.1) is 0 Å². The Morgan fingerprint density at radius 1 is 1.14 bits per heavy atom. The summed E-state index contributed by atoms with van der Waals surface area (Å²) in [7, 11) is 1.72. The number of carbonyl (C=O) groups is 2. The van der Waals surface area contributed by atoms with E-state index in [1.54, 1.807) is 11.9 Å². The number of anilines is 2. The zero-order valence-corrected chi connectivity index (χ0v) is 14.1. The van der Waals surface area contributed by atoms with Gasteiger partial charge in [0.1, 0.15) is 0 Å². The fourth-order valence-corrected chi connectivity index (χ4v) is 2.38. The highest BCUT2D eigenvalue weighted by molar-refractivity contribution is 9.10. The van der Waals surface area contributed by atoms with Crippen LogP contribution in [0.2, 0.25) is 0 Å². The van der Waals surface area contributed by atoms with Gasteiger partial charge in [0, 0.05) is 29.8 Å². The molecule has 0 spiro atoms. The van der Waals surface area contributed by atoms with Crippen molar-refractivity contribution in [2.45, 2.75) is 13.3 Å². The van der Waals surface area contributed by atoms with Gasteiger partial charge in [-0.1, -0.05) is 34.1 Å². The van der Waals surface area contributed by atoms with E-state index in [2.05, 4.69) is 21.2 Å². The number of benzene rings is 2. The van der Waals surface area contributed by atoms with Crippen LogP contribution in [-0.4, -0.2) is 18.9 Å². The molecule has 0 aliphatic heterocycles. The van der Waals surface area contributed by atoms with E-state index in [0.29, 0.717) is 0 Å². The minimum absolute atomic E-state index is 0.0276. The summed E-state index contributed by atoms with van der Waals surface area (Å²) in [5.74, 6) is -0.106. The van der Waals surface area contributed by atoms with Crippen LogP contribution < -0.4 is 10.2 Å². The Hall–Kier alpha value is -2.14. The molecule has 22 heavy (non-hydrogen) atoms. The van der Waals surface area contributed by atoms with Gasteiger partial charge in [0.2, 0.25) is 11.8 Å². The minimum atomic E-state index is -0.0780. The van der Waals surface area contributed by atoms with Crippen molar-refractivity contribution in [1.82, 2.24) is 0 Å². The number of hydrogen-bond donors (Lipinski definition) is 1. The lowest BCUT2D eigenvalue weighted by Gasteiger charge is -2.15. The van der Waals surface area contributed by atoms with E-state index in [9.17, 15) is 9.59 Å². The van der Waals surface area contributed by atoms with E-state index >= 15 is 0 Å². The van der Waals surface area contributed by atoms with Crippen molar-refractivity contribution in [1.29, 1.82) is 0 Å². The van der Waals surface area contributed by atoms with E-state index in [0.717, 1.165) is 21.4 Å². The molecule has 0 aliphatic carbocycles. The van der Waals surface area contributed by atoms with Gasteiger partial charge in [-0.15, -0.1) is 0 Å². The van der Waals surface area contributed by atoms with E-state index in [1.807, 2.05) is 48.5 Å². The summed E-state index contributed by atoms with van der Waals surface area (Å²) >= 11 is 3.37. The van der Waals surface area contributed by atoms with Crippen molar-refractivity contribution < 1.29 is 9.59 Å². The summed E-state index contributed by atoms with van der Waals surface area (Å²) in [4.78, 5) is 24.9. The first-order valence-corrected chi connectivity index (χ1v) is 7.63. The number of amides is 2. The van der Waals surface area contributed by atoms with Gasteiger partial charge in [-0.3, -0.25) is 9.59 Å². The predicted octanol–water partition coefficient (Wildman–Crippen LogP) is 3.61. The largest absolute Gasteiger partial charge is 0.326 e. The summed E-state index contributed by atoms with van der Waals surface area (Å²) < 4.78 is 0.918. The van der Waals surface area contributed by atoms with Gasteiger partial charge in [0.25, 0.3) is 0 Å². The Bertz CT molecular complexity index is 683. The van der Waals surface area contributed by atoms with Crippen LogP contribution in [0.3, 0.4) is 0 Å². The van der Waals surface area contributed by atoms with Gasteiger partial charge in [-0.2, -0.15) is 0 Å². The first-order chi connectivity index (χ1) is 10.5. The Balaban J connectivity index is 1.98. The van der Waals surface area contributed by atoms with Crippen molar-refractivity contribution >= 4 is 39.1 Å². The SMILES string of the molecule is CC(=O)N(C)c1ccc(CC(=O)Nc2cccc(Br)c2)cc1. The molecule has 0 radical (unpaired) electrons. The molecule has 5 heteroatoms. The third kappa shape index (κ3) is 4.43. The lowest BCUT2D eigenvalue weighted by atomic mass is 10.1. The van der Waals surface area contributed by atoms with Crippen molar-refractivity contribution in [3.05, 3.63) is 58.6 Å². The molecule has 4 nitrogen and oxygen atoms in total. The molecule has 114 valence electrons. The molecule has 0 heterocycles. The summed E-state index contributed by atoms with van der Waals surface area (Å²) in [6.07, 6.45) is 0.288. The number of rotatable bonds is 4. The molecule has 2 aromatic rings. The number of halogens is 1. The Morgan fingerprint density at radius 2 is 1.82 bits per heavy atom. The molecule has 0 saturated heterocycles. The zero-order valence-electron chi connectivity index (χ0n) is 12.5. The van der Waals surface area contributed by atoms with Crippen LogP contribution in [0.15, 0.2) is 53.0 Å². The predicted molar refractivity (Wildman–Crippen MR) is 92.0 cm³/mol. The van der Waals surface area contributed by atoms with Gasteiger partial charge in [-0.05, 0) is 35.9 Å². The summed E-state index contributed by atoms with van der Waals surface area (Å²) in [5.41, 5.74) is 2.46. The van der Waals surface area contributed by atoms with Gasteiger partial charge < -0.3 is 10.2 Å². The molecule has 0 aliphatic rings. The first kappa shape index (κ1) is 16.2. The van der Waals surface area contributed by atoms with Crippen LogP contribution >= 0.6 is 15.9 Å². The molecule has 0 aromatic heterocycles. The number of carbonyl (C=O) groups excluding carboxylic acids is 2. The van der Waals surface area contributed by atoms with Crippen molar-refractivity contribution in [2.24, 2.45) is 0 Å². The monoisotopic (exact) mass is 360 g/mol. The highest BCUT2D eigenvalue weighted by Gasteiger charge is 2.07. The lowest BCUT2D eigenvalue weighted by Crippen LogP contribution is -2.22. The molecule has 1 N–H and O–H groups in total. The van der Waals surface area contributed by atoms with Crippen molar-refractivity contribution in [2.75, 3.05) is 17.3 Å². The topological polar surface area (TPSA) is 49.4 Å². The Labute approximate surface area is 138 Å². The molecule has 2 aromatic carbocycles. The summed E-state index contributed by atoms with van der Waals surface area (Å²) in [6, 6.07) is 14.8. The number of nitrogens with one attached hydrogen (secondary N) is 1. The highest BCUT2D eigenvalue weighted by atomic mass is 79.9. The number of nitrogens with zero attached hydrogens (tertiary/aromatic N) is 1. The standard InChI is InChI=1S/C17H17BrN2O2/c1-12(21)20(2)16-8-6-13(7-9-16)10-17(22)19-15-5-3-4-14(18)11-15/h3-9,11H,10H2,1-2H3,(H,19,22). The second-order valence-corrected chi connectivity index (χ2v) is 5.90. The average molecular weight is 361 g/mol. The normalized spacial score (nSPS) is 10.1. The Morgan fingerprint density at radius 3 is 2.41 bits per heavy atom. The molecule has 2 amide bonds. The summed E-state index contributed by atoms with van der Waals surface area (Å²) in [6.45, 7) is 1.51. The zero-order chi connectivity index (χ0) is 16.1. The smallest absolute Gasteiger partial charge is 0.228 e. The van der Waals surface area contributed by atoms with Gasteiger partial charge in [0.15, 0.2) is 0 Å². The number of hydrogen-bond acceptors (Lipinski definition) is 2. The maximum absolute atomic E-state index is 12.0. The maximum Gasteiger partial charge on any atom is 0.228 e. The van der Waals surface area contributed by atoms with Gasteiger partial charge in [0.05, 0.1) is 6.42 Å².